The topological polar surface area (TPSA) is 118 Å². The molecule has 0 unspecified atom stereocenters. The molecule has 336 valence electrons. The molecule has 9 nitrogen and oxygen atoms in total. The summed E-state index contributed by atoms with van der Waals surface area (Å²) in [5.74, 6) is 0.835. The van der Waals surface area contributed by atoms with Gasteiger partial charge in [0.05, 0.1) is 16.9 Å². The smallest absolute Gasteiger partial charge is 0.171 e. The molecule has 4 heterocycles. The molecule has 0 saturated carbocycles. The highest BCUT2D eigenvalue weighted by Crippen LogP contribution is 2.30. The molecule has 0 aliphatic carbocycles. The number of pyridine rings is 2. The van der Waals surface area contributed by atoms with Gasteiger partial charge < -0.3 is 16.4 Å². The van der Waals surface area contributed by atoms with Crippen LogP contribution in [0.1, 0.15) is 41.0 Å². The number of thiocarbonyl (C=S) groups is 2. The van der Waals surface area contributed by atoms with Crippen molar-refractivity contribution in [1.82, 2.24) is 25.1 Å². The molecule has 0 amide bonds. The van der Waals surface area contributed by atoms with E-state index in [2.05, 4.69) is 186 Å². The molecule has 2 saturated heterocycles. The summed E-state index contributed by atoms with van der Waals surface area (Å²) in [7, 11) is 0. The number of benzene rings is 6. The minimum absolute atomic E-state index is 0.234. The zero-order valence-corrected chi connectivity index (χ0v) is 39.2. The summed E-state index contributed by atoms with van der Waals surface area (Å²) >= 11 is 10.3. The molecule has 11 heteroatoms. The number of aromatic nitrogens is 2. The molecule has 0 spiro atoms. The Kier molecular flexibility index (Phi) is 17.9. The third-order valence-electron chi connectivity index (χ3n) is 11.9. The van der Waals surface area contributed by atoms with Gasteiger partial charge >= 0.3 is 0 Å². The van der Waals surface area contributed by atoms with Crippen molar-refractivity contribution in [2.45, 2.75) is 43.9 Å². The third-order valence-corrected chi connectivity index (χ3v) is 12.2. The van der Waals surface area contributed by atoms with E-state index in [0.717, 1.165) is 72.2 Å². The average Bonchev–Trinajstić information content (AvgIpc) is 3.94. The van der Waals surface area contributed by atoms with Crippen LogP contribution >= 0.6 is 24.4 Å². The molecule has 10 rings (SSSR count). The van der Waals surface area contributed by atoms with Crippen LogP contribution in [-0.4, -0.2) is 68.3 Å². The lowest BCUT2D eigenvalue weighted by molar-refractivity contribution is 0.322. The van der Waals surface area contributed by atoms with Crippen molar-refractivity contribution in [3.8, 4) is 6.07 Å². The summed E-state index contributed by atoms with van der Waals surface area (Å²) in [5.41, 5.74) is 13.6. The summed E-state index contributed by atoms with van der Waals surface area (Å²) in [6.07, 6.45) is 7.23. The van der Waals surface area contributed by atoms with Gasteiger partial charge in [-0.25, -0.2) is 0 Å². The van der Waals surface area contributed by atoms with Crippen molar-refractivity contribution >= 4 is 67.6 Å². The molecule has 6 aromatic carbocycles. The molecule has 4 atom stereocenters. The van der Waals surface area contributed by atoms with Crippen LogP contribution in [0.5, 0.6) is 0 Å². The summed E-state index contributed by atoms with van der Waals surface area (Å²) < 4.78 is 0. The predicted molar refractivity (Wildman–Crippen MR) is 282 cm³/mol. The second-order valence-corrected chi connectivity index (χ2v) is 17.1. The first-order valence-electron chi connectivity index (χ1n) is 22.4. The van der Waals surface area contributed by atoms with Crippen LogP contribution in [0.2, 0.25) is 0 Å². The lowest BCUT2D eigenvalue weighted by Crippen LogP contribution is -2.42. The fourth-order valence-corrected chi connectivity index (χ4v) is 9.15. The van der Waals surface area contributed by atoms with E-state index in [9.17, 15) is 0 Å². The molecule has 2 fully saturated rings. The van der Waals surface area contributed by atoms with Crippen molar-refractivity contribution < 1.29 is 0 Å². The van der Waals surface area contributed by atoms with E-state index in [-0.39, 0.29) is 12.1 Å². The minimum Gasteiger partial charge on any atom is -0.358 e. The first kappa shape index (κ1) is 47.9. The van der Waals surface area contributed by atoms with E-state index < -0.39 is 0 Å². The standard InChI is InChI=1S/C27H26N4S.C17H20N2.C10H6N2S.C2H3N/c32-27(29-25-13-7-12-22-16-28-15-14-23(22)25)30-26-19-31(17-20-8-3-1-4-9-20)18-24(26)21-10-5-2-6-11-21;18-17-13-19(11-14-7-3-1-4-8-14)12-16(17)15-9-5-2-6-10-15;13-7-12-10-3-1-2-8-6-11-5-4-9(8)10;1-2-3/h1-16,24,26H,17-19H2,(H2,29,30,32);1-10,16-17H,11-13,18H2;1-6H;1H3/t24-,26+;16-,17+;;/m00../s1. The fourth-order valence-electron chi connectivity index (χ4n) is 8.79. The van der Waals surface area contributed by atoms with Crippen molar-refractivity contribution in [3.63, 3.8) is 0 Å². The van der Waals surface area contributed by atoms with Crippen molar-refractivity contribution in [1.29, 1.82) is 5.26 Å². The molecule has 2 aliphatic heterocycles. The SMILES string of the molecule is CC#N.N[C@@H]1CN(Cc2ccccc2)C[C@H]1c1ccccc1.S=C(Nc1cccc2cnccc12)N[C@@H]1CN(Cc2ccccc2)C[C@H]1c1ccccc1.S=C=Nc1cccc2cnccc12. The zero-order chi connectivity index (χ0) is 46.6. The number of hydrogen-bond acceptors (Lipinski definition) is 9. The third kappa shape index (κ3) is 13.8. The number of rotatable bonds is 9. The van der Waals surface area contributed by atoms with E-state index in [1.54, 1.807) is 18.5 Å². The van der Waals surface area contributed by atoms with Crippen molar-refractivity contribution in [3.05, 3.63) is 217 Å². The van der Waals surface area contributed by atoms with Gasteiger partial charge in [0, 0.05) is 122 Å². The second-order valence-electron chi connectivity index (χ2n) is 16.5. The van der Waals surface area contributed by atoms with Crippen LogP contribution in [0, 0.1) is 11.3 Å². The van der Waals surface area contributed by atoms with Gasteiger partial charge in [-0.15, -0.1) is 0 Å². The predicted octanol–water partition coefficient (Wildman–Crippen LogP) is 11.3. The fraction of sp³-hybridized carbons (Fsp3) is 0.196. The number of aliphatic imine (C=N–C) groups is 1. The summed E-state index contributed by atoms with van der Waals surface area (Å²) in [6.45, 7) is 7.35. The lowest BCUT2D eigenvalue weighted by Gasteiger charge is -2.22. The molecule has 0 radical (unpaired) electrons. The number of fused-ring (bicyclic) bond motifs is 2. The van der Waals surface area contributed by atoms with E-state index in [4.69, 9.17) is 23.2 Å². The maximum Gasteiger partial charge on any atom is 0.171 e. The number of nitrogens with two attached hydrogens (primary N) is 1. The van der Waals surface area contributed by atoms with Crippen LogP contribution in [-0.2, 0) is 13.1 Å². The number of likely N-dealkylation sites (tertiary alicyclic amines) is 2. The van der Waals surface area contributed by atoms with Gasteiger partial charge in [-0.05, 0) is 71.0 Å². The van der Waals surface area contributed by atoms with Gasteiger partial charge in [-0.3, -0.25) is 19.8 Å². The number of isothiocyanates is 1. The number of nitriles is 1. The Morgan fingerprint density at radius 3 is 1.72 bits per heavy atom. The molecular weight excluding hydrogens is 863 g/mol. The average molecular weight is 918 g/mol. The quantitative estimate of drug-likeness (QED) is 0.0954. The highest BCUT2D eigenvalue weighted by atomic mass is 32.1. The van der Waals surface area contributed by atoms with Gasteiger partial charge in [0.1, 0.15) is 0 Å². The van der Waals surface area contributed by atoms with Crippen LogP contribution in [0.4, 0.5) is 11.4 Å². The highest BCUT2D eigenvalue weighted by molar-refractivity contribution is 7.80. The normalized spacial score (nSPS) is 17.5. The second kappa shape index (κ2) is 25.1. The van der Waals surface area contributed by atoms with Crippen LogP contribution < -0.4 is 16.4 Å². The lowest BCUT2D eigenvalue weighted by atomic mass is 9.94. The Morgan fingerprint density at radius 1 is 0.642 bits per heavy atom. The maximum atomic E-state index is 7.32. The van der Waals surface area contributed by atoms with Gasteiger partial charge in [-0.2, -0.15) is 10.3 Å². The van der Waals surface area contributed by atoms with Gasteiger partial charge in [0.2, 0.25) is 0 Å². The molecule has 2 aliphatic rings. The Balaban J connectivity index is 0.000000160. The van der Waals surface area contributed by atoms with Crippen LogP contribution in [0.15, 0.2) is 200 Å². The molecule has 67 heavy (non-hydrogen) atoms. The van der Waals surface area contributed by atoms with Crippen LogP contribution in [0.3, 0.4) is 0 Å². The first-order chi connectivity index (χ1) is 32.9. The molecule has 2 aromatic heterocycles. The van der Waals surface area contributed by atoms with Crippen molar-refractivity contribution in [2.75, 3.05) is 31.5 Å². The minimum atomic E-state index is 0.234. The number of anilines is 1. The molecule has 4 N–H and O–H groups in total. The van der Waals surface area contributed by atoms with Gasteiger partial charge in [0.15, 0.2) is 5.11 Å². The molecular formula is C56H55N9S2. The first-order valence-corrected chi connectivity index (χ1v) is 23.2. The Bertz CT molecular complexity index is 2860. The van der Waals surface area contributed by atoms with E-state index in [1.165, 1.54) is 29.2 Å². The largest absolute Gasteiger partial charge is 0.358 e. The molecule has 8 aromatic rings. The zero-order valence-electron chi connectivity index (χ0n) is 37.6. The van der Waals surface area contributed by atoms with E-state index >= 15 is 0 Å². The summed E-state index contributed by atoms with van der Waals surface area (Å²) in [4.78, 5) is 17.2. The van der Waals surface area contributed by atoms with E-state index in [1.807, 2.05) is 48.8 Å². The van der Waals surface area contributed by atoms with Crippen LogP contribution in [0.25, 0.3) is 21.5 Å². The Morgan fingerprint density at radius 2 is 1.13 bits per heavy atom. The number of nitrogens with zero attached hydrogens (tertiary/aromatic N) is 6. The maximum absolute atomic E-state index is 7.32. The molecule has 0 bridgehead atoms. The van der Waals surface area contributed by atoms with E-state index in [0.29, 0.717) is 16.9 Å². The number of nitrogens with one attached hydrogen (secondary N) is 2. The summed E-state index contributed by atoms with van der Waals surface area (Å²) in [6, 6.07) is 60.8. The summed E-state index contributed by atoms with van der Waals surface area (Å²) in [5, 5.41) is 21.7. The monoisotopic (exact) mass is 917 g/mol. The van der Waals surface area contributed by atoms with Gasteiger partial charge in [0.25, 0.3) is 0 Å². The Labute approximate surface area is 405 Å². The highest BCUT2D eigenvalue weighted by Gasteiger charge is 2.34. The Hall–Kier alpha value is -7.00. The van der Waals surface area contributed by atoms with Crippen molar-refractivity contribution in [2.24, 2.45) is 10.7 Å². The number of hydrogen-bond donors (Lipinski definition) is 3. The van der Waals surface area contributed by atoms with Gasteiger partial charge in [-0.1, -0.05) is 146 Å².